The van der Waals surface area contributed by atoms with Gasteiger partial charge in [-0.25, -0.2) is 0 Å². The van der Waals surface area contributed by atoms with Gasteiger partial charge in [0.2, 0.25) is 5.91 Å². The van der Waals surface area contributed by atoms with E-state index in [9.17, 15) is 4.79 Å². The van der Waals surface area contributed by atoms with Crippen molar-refractivity contribution < 1.29 is 18.1 Å². The first-order valence-electron chi connectivity index (χ1n) is 8.56. The second-order valence-electron chi connectivity index (χ2n) is 5.58. The molecule has 0 heterocycles. The van der Waals surface area contributed by atoms with Crippen molar-refractivity contribution in [2.45, 2.75) is 70.8 Å². The van der Waals surface area contributed by atoms with Crippen LogP contribution in [0.4, 0.5) is 0 Å². The maximum atomic E-state index is 11.3. The smallest absolute Gasteiger partial charge is 0.377 e. The average Bonchev–Trinajstić information content (AvgIpc) is 2.54. The van der Waals surface area contributed by atoms with Gasteiger partial charge in [0, 0.05) is 40.3 Å². The summed E-state index contributed by atoms with van der Waals surface area (Å²) in [6.07, 6.45) is 10.1. The van der Waals surface area contributed by atoms with E-state index in [4.69, 9.17) is 13.3 Å². The third-order valence-corrected chi connectivity index (χ3v) is 6.78. The van der Waals surface area contributed by atoms with Crippen molar-refractivity contribution in [3.8, 4) is 0 Å². The molecule has 0 aromatic rings. The van der Waals surface area contributed by atoms with Gasteiger partial charge < -0.3 is 18.6 Å². The third-order valence-electron chi connectivity index (χ3n) is 3.94. The molecule has 0 radical (unpaired) electrons. The van der Waals surface area contributed by atoms with E-state index in [0.717, 1.165) is 31.9 Å². The zero-order valence-electron chi connectivity index (χ0n) is 14.9. The van der Waals surface area contributed by atoms with Crippen molar-refractivity contribution in [2.75, 3.05) is 27.9 Å². The number of nitrogens with one attached hydrogen (secondary N) is 1. The van der Waals surface area contributed by atoms with E-state index in [1.165, 1.54) is 32.1 Å². The molecule has 0 aliphatic rings. The summed E-state index contributed by atoms with van der Waals surface area (Å²) in [5, 5.41) is 2.83. The summed E-state index contributed by atoms with van der Waals surface area (Å²) >= 11 is 0. The van der Waals surface area contributed by atoms with Crippen LogP contribution in [0.2, 0.25) is 6.04 Å². The number of amides is 1. The van der Waals surface area contributed by atoms with Crippen LogP contribution in [0, 0.1) is 0 Å². The average molecular weight is 334 g/mol. The highest BCUT2D eigenvalue weighted by Crippen LogP contribution is 2.18. The van der Waals surface area contributed by atoms with Crippen LogP contribution in [-0.2, 0) is 18.1 Å². The van der Waals surface area contributed by atoms with Gasteiger partial charge in [0.25, 0.3) is 0 Å². The molecule has 1 N–H and O–H groups in total. The van der Waals surface area contributed by atoms with E-state index in [-0.39, 0.29) is 5.91 Å². The summed E-state index contributed by atoms with van der Waals surface area (Å²) in [4.78, 5) is 11.3. The van der Waals surface area contributed by atoms with Crippen LogP contribution in [0.15, 0.2) is 0 Å². The fourth-order valence-corrected chi connectivity index (χ4v) is 4.32. The van der Waals surface area contributed by atoms with Gasteiger partial charge >= 0.3 is 8.80 Å². The van der Waals surface area contributed by atoms with Crippen molar-refractivity contribution >= 4 is 14.7 Å². The number of unbranched alkanes of at least 4 members (excludes halogenated alkanes) is 7. The fraction of sp³-hybridized carbons (Fsp3) is 0.938. The molecule has 6 heteroatoms. The monoisotopic (exact) mass is 333 g/mol. The second-order valence-corrected chi connectivity index (χ2v) is 8.67. The van der Waals surface area contributed by atoms with Crippen LogP contribution < -0.4 is 5.32 Å². The lowest BCUT2D eigenvalue weighted by molar-refractivity contribution is -0.121. The second kappa shape index (κ2) is 14.2. The van der Waals surface area contributed by atoms with E-state index in [2.05, 4.69) is 5.32 Å². The highest BCUT2D eigenvalue weighted by atomic mass is 28.4. The molecule has 0 aromatic heterocycles. The molecule has 0 atom stereocenters. The Hall–Kier alpha value is -0.433. The van der Waals surface area contributed by atoms with Crippen LogP contribution in [0.5, 0.6) is 0 Å². The van der Waals surface area contributed by atoms with Crippen LogP contribution in [0.1, 0.15) is 64.7 Å². The molecule has 0 unspecified atom stereocenters. The van der Waals surface area contributed by atoms with Crippen molar-refractivity contribution in [1.82, 2.24) is 5.32 Å². The SMILES string of the molecule is CCNC(=O)CCCCCCCCCC[Si](OC)(OC)OC. The van der Waals surface area contributed by atoms with Crippen LogP contribution in [0.3, 0.4) is 0 Å². The van der Waals surface area contributed by atoms with Crippen molar-refractivity contribution in [2.24, 2.45) is 0 Å². The van der Waals surface area contributed by atoms with Crippen LogP contribution in [-0.4, -0.2) is 42.6 Å². The van der Waals surface area contributed by atoms with Gasteiger partial charge in [-0.2, -0.15) is 0 Å². The summed E-state index contributed by atoms with van der Waals surface area (Å²) in [5.74, 6) is 0.185. The van der Waals surface area contributed by atoms with Crippen LogP contribution in [0.25, 0.3) is 0 Å². The van der Waals surface area contributed by atoms with Gasteiger partial charge in [-0.3, -0.25) is 4.79 Å². The zero-order chi connectivity index (χ0) is 16.7. The Bertz CT molecular complexity index is 265. The molecule has 1 amide bonds. The maximum absolute atomic E-state index is 11.3. The number of carbonyl (C=O) groups is 1. The molecule has 0 saturated carbocycles. The number of carbonyl (C=O) groups excluding carboxylic acids is 1. The van der Waals surface area contributed by atoms with Gasteiger partial charge in [0.1, 0.15) is 0 Å². The first-order chi connectivity index (χ1) is 10.6. The van der Waals surface area contributed by atoms with Gasteiger partial charge in [-0.1, -0.05) is 38.5 Å². The molecule has 0 bridgehead atoms. The molecule has 132 valence electrons. The summed E-state index contributed by atoms with van der Waals surface area (Å²) in [6, 6.07) is 0.892. The first kappa shape index (κ1) is 21.6. The summed E-state index contributed by atoms with van der Waals surface area (Å²) in [6.45, 7) is 2.69. The quantitative estimate of drug-likeness (QED) is 0.368. The Kier molecular flexibility index (Phi) is 13.9. The predicted octanol–water partition coefficient (Wildman–Crippen LogP) is 3.51. The number of hydrogen-bond acceptors (Lipinski definition) is 4. The Morgan fingerprint density at radius 1 is 0.818 bits per heavy atom. The molecule has 0 saturated heterocycles. The highest BCUT2D eigenvalue weighted by Gasteiger charge is 2.36. The van der Waals surface area contributed by atoms with E-state index in [0.29, 0.717) is 6.42 Å². The molecular formula is C16H35NO4Si. The van der Waals surface area contributed by atoms with Crippen molar-refractivity contribution in [1.29, 1.82) is 0 Å². The lowest BCUT2D eigenvalue weighted by Crippen LogP contribution is -2.42. The number of hydrogen-bond donors (Lipinski definition) is 1. The fourth-order valence-electron chi connectivity index (χ4n) is 2.53. The van der Waals surface area contributed by atoms with E-state index in [1.54, 1.807) is 21.3 Å². The Labute approximate surface area is 137 Å². The minimum absolute atomic E-state index is 0.185. The zero-order valence-corrected chi connectivity index (χ0v) is 15.9. The minimum Gasteiger partial charge on any atom is -0.377 e. The molecular weight excluding hydrogens is 298 g/mol. The first-order valence-corrected chi connectivity index (χ1v) is 10.5. The lowest BCUT2D eigenvalue weighted by atomic mass is 10.1. The van der Waals surface area contributed by atoms with Gasteiger partial charge in [0.05, 0.1) is 0 Å². The summed E-state index contributed by atoms with van der Waals surface area (Å²) in [7, 11) is 2.64. The van der Waals surface area contributed by atoms with Crippen molar-refractivity contribution in [3.05, 3.63) is 0 Å². The Balaban J connectivity index is 3.38. The molecule has 5 nitrogen and oxygen atoms in total. The standard InChI is InChI=1S/C16H35NO4Si/c1-5-17-16(18)14-12-10-8-6-7-9-11-13-15-22(19-2,20-3)21-4/h5-15H2,1-4H3,(H,17,18). The molecule has 0 fully saturated rings. The Morgan fingerprint density at radius 3 is 1.73 bits per heavy atom. The largest absolute Gasteiger partial charge is 0.500 e. The van der Waals surface area contributed by atoms with Gasteiger partial charge in [0.15, 0.2) is 0 Å². The van der Waals surface area contributed by atoms with E-state index in [1.807, 2.05) is 6.92 Å². The molecule has 0 aliphatic heterocycles. The molecule has 0 spiro atoms. The topological polar surface area (TPSA) is 56.8 Å². The Morgan fingerprint density at radius 2 is 1.27 bits per heavy atom. The van der Waals surface area contributed by atoms with E-state index >= 15 is 0 Å². The van der Waals surface area contributed by atoms with Crippen LogP contribution >= 0.6 is 0 Å². The molecule has 0 rings (SSSR count). The minimum atomic E-state index is -2.36. The van der Waals surface area contributed by atoms with Crippen molar-refractivity contribution in [3.63, 3.8) is 0 Å². The maximum Gasteiger partial charge on any atom is 0.500 e. The summed E-state index contributed by atoms with van der Waals surface area (Å²) < 4.78 is 16.2. The third kappa shape index (κ3) is 10.3. The normalized spacial score (nSPS) is 11.6. The molecule has 0 aliphatic carbocycles. The predicted molar refractivity (Wildman–Crippen MR) is 91.8 cm³/mol. The summed E-state index contributed by atoms with van der Waals surface area (Å²) in [5.41, 5.74) is 0. The van der Waals surface area contributed by atoms with E-state index < -0.39 is 8.80 Å². The van der Waals surface area contributed by atoms with Gasteiger partial charge in [-0.15, -0.1) is 0 Å². The highest BCUT2D eigenvalue weighted by molar-refractivity contribution is 6.60. The molecule has 0 aromatic carbocycles. The van der Waals surface area contributed by atoms with Gasteiger partial charge in [-0.05, 0) is 19.8 Å². The number of rotatable bonds is 15. The molecule has 22 heavy (non-hydrogen) atoms. The lowest BCUT2D eigenvalue weighted by Gasteiger charge is -2.24.